The van der Waals surface area contributed by atoms with Gasteiger partial charge in [-0.15, -0.1) is 0 Å². The van der Waals surface area contributed by atoms with E-state index in [1.165, 1.54) is 94.7 Å². The number of hydrogen-bond donors (Lipinski definition) is 0. The number of aryl methyl sites for hydroxylation is 1. The molecule has 0 fully saturated rings. The Kier molecular flexibility index (Phi) is 11.9. The van der Waals surface area contributed by atoms with Crippen LogP contribution in [-0.4, -0.2) is 16.6 Å². The lowest BCUT2D eigenvalue weighted by Gasteiger charge is -2.24. The molecule has 0 radical (unpaired) electrons. The number of benzene rings is 1. The molecular weight excluding hydrogens is 416 g/mol. The molecule has 0 bridgehead atoms. The zero-order chi connectivity index (χ0) is 24.0. The van der Waals surface area contributed by atoms with Crippen LogP contribution in [0.1, 0.15) is 115 Å². The second-order valence-electron chi connectivity index (χ2n) is 10.4. The van der Waals surface area contributed by atoms with Crippen molar-refractivity contribution in [3.8, 4) is 17.1 Å². The Balaban J connectivity index is 1.46. The Hall–Kier alpha value is -1.90. The number of fused-ring (bicyclic) bond motifs is 1. The molecule has 1 aromatic heterocycles. The van der Waals surface area contributed by atoms with E-state index in [4.69, 9.17) is 14.7 Å². The van der Waals surface area contributed by atoms with E-state index in [-0.39, 0.29) is 0 Å². The molecule has 3 heteroatoms. The first-order valence-electron chi connectivity index (χ1n) is 14.3. The van der Waals surface area contributed by atoms with E-state index in [9.17, 15) is 0 Å². The summed E-state index contributed by atoms with van der Waals surface area (Å²) < 4.78 is 6.07. The van der Waals surface area contributed by atoms with Crippen molar-refractivity contribution in [1.29, 1.82) is 0 Å². The summed E-state index contributed by atoms with van der Waals surface area (Å²) in [6, 6.07) is 8.36. The molecule has 2 atom stereocenters. The van der Waals surface area contributed by atoms with Crippen molar-refractivity contribution >= 4 is 0 Å². The number of hydrogen-bond acceptors (Lipinski definition) is 3. The number of rotatable bonds is 16. The highest BCUT2D eigenvalue weighted by atomic mass is 16.5. The van der Waals surface area contributed by atoms with Crippen molar-refractivity contribution in [1.82, 2.24) is 9.97 Å². The van der Waals surface area contributed by atoms with Crippen LogP contribution in [-0.2, 0) is 12.8 Å². The van der Waals surface area contributed by atoms with Crippen LogP contribution in [0, 0.1) is 11.8 Å². The molecule has 0 amide bonds. The Labute approximate surface area is 209 Å². The van der Waals surface area contributed by atoms with Gasteiger partial charge in [0, 0.05) is 17.5 Å². The van der Waals surface area contributed by atoms with Gasteiger partial charge in [0.15, 0.2) is 5.82 Å². The summed E-state index contributed by atoms with van der Waals surface area (Å²) in [5, 5.41) is 0. The lowest BCUT2D eigenvalue weighted by molar-refractivity contribution is 0.233. The van der Waals surface area contributed by atoms with Crippen molar-refractivity contribution in [2.75, 3.05) is 6.61 Å². The smallest absolute Gasteiger partial charge is 0.159 e. The number of nitrogens with zero attached hydrogens (tertiary/aromatic N) is 2. The SMILES string of the molecule is CCCCCCCCCC1CCc2nc(-c3ccc(OCC(CC)CCCC)cc3)ncc2C1. The summed E-state index contributed by atoms with van der Waals surface area (Å²) in [7, 11) is 0. The van der Waals surface area contributed by atoms with Crippen LogP contribution in [0.3, 0.4) is 0 Å². The zero-order valence-electron chi connectivity index (χ0n) is 22.2. The molecule has 2 aromatic rings. The molecule has 0 spiro atoms. The Bertz CT molecular complexity index is 817. The van der Waals surface area contributed by atoms with Gasteiger partial charge in [-0.3, -0.25) is 0 Å². The van der Waals surface area contributed by atoms with Crippen LogP contribution in [0.25, 0.3) is 11.4 Å². The van der Waals surface area contributed by atoms with Crippen LogP contribution in [0.2, 0.25) is 0 Å². The highest BCUT2D eigenvalue weighted by Gasteiger charge is 2.20. The van der Waals surface area contributed by atoms with Crippen molar-refractivity contribution in [3.05, 3.63) is 41.7 Å². The third-order valence-electron chi connectivity index (χ3n) is 7.61. The lowest BCUT2D eigenvalue weighted by atomic mass is 9.84. The van der Waals surface area contributed by atoms with Gasteiger partial charge in [-0.05, 0) is 67.3 Å². The second kappa shape index (κ2) is 15.2. The molecule has 1 aromatic carbocycles. The van der Waals surface area contributed by atoms with E-state index in [0.29, 0.717) is 5.92 Å². The Morgan fingerprint density at radius 1 is 0.912 bits per heavy atom. The number of unbranched alkanes of at least 4 members (excludes halogenated alkanes) is 7. The van der Waals surface area contributed by atoms with Gasteiger partial charge in [-0.2, -0.15) is 0 Å². The fraction of sp³-hybridized carbons (Fsp3) is 0.677. The highest BCUT2D eigenvalue weighted by Crippen LogP contribution is 2.29. The molecule has 34 heavy (non-hydrogen) atoms. The molecule has 188 valence electrons. The van der Waals surface area contributed by atoms with E-state index in [2.05, 4.69) is 51.2 Å². The van der Waals surface area contributed by atoms with Crippen LogP contribution in [0.4, 0.5) is 0 Å². The molecule has 1 aliphatic rings. The Morgan fingerprint density at radius 3 is 2.38 bits per heavy atom. The molecule has 0 saturated heterocycles. The lowest BCUT2D eigenvalue weighted by Crippen LogP contribution is -2.16. The largest absolute Gasteiger partial charge is 0.493 e. The van der Waals surface area contributed by atoms with Gasteiger partial charge in [0.2, 0.25) is 0 Å². The van der Waals surface area contributed by atoms with E-state index < -0.39 is 0 Å². The minimum absolute atomic E-state index is 0.651. The molecule has 3 nitrogen and oxygen atoms in total. The standard InChI is InChI=1S/C31H48N2O/c1-4-7-9-10-11-12-13-15-26-16-21-30-28(22-26)23-32-31(33-30)27-17-19-29(20-18-27)34-24-25(6-3)14-8-5-2/h17-20,23,25-26H,4-16,21-22,24H2,1-3H3. The monoisotopic (exact) mass is 464 g/mol. The minimum Gasteiger partial charge on any atom is -0.493 e. The van der Waals surface area contributed by atoms with E-state index in [1.807, 2.05) is 0 Å². The summed E-state index contributed by atoms with van der Waals surface area (Å²) in [5.41, 5.74) is 3.72. The van der Waals surface area contributed by atoms with Crippen LogP contribution in [0.5, 0.6) is 5.75 Å². The molecule has 3 rings (SSSR count). The summed E-state index contributed by atoms with van der Waals surface area (Å²) >= 11 is 0. The summed E-state index contributed by atoms with van der Waals surface area (Å²) in [6.45, 7) is 7.62. The molecule has 1 aliphatic carbocycles. The van der Waals surface area contributed by atoms with E-state index in [1.54, 1.807) is 0 Å². The first-order valence-corrected chi connectivity index (χ1v) is 14.3. The molecule has 0 saturated carbocycles. The van der Waals surface area contributed by atoms with Gasteiger partial charge in [-0.25, -0.2) is 9.97 Å². The van der Waals surface area contributed by atoms with Gasteiger partial charge in [-0.1, -0.05) is 91.4 Å². The normalized spacial score (nSPS) is 16.3. The van der Waals surface area contributed by atoms with Gasteiger partial charge >= 0.3 is 0 Å². The quantitative estimate of drug-likeness (QED) is 0.232. The number of ether oxygens (including phenoxy) is 1. The second-order valence-corrected chi connectivity index (χ2v) is 10.4. The van der Waals surface area contributed by atoms with Crippen molar-refractivity contribution < 1.29 is 4.74 Å². The first kappa shape index (κ1) is 26.7. The van der Waals surface area contributed by atoms with E-state index in [0.717, 1.165) is 42.5 Å². The maximum atomic E-state index is 6.07. The van der Waals surface area contributed by atoms with E-state index >= 15 is 0 Å². The first-order chi connectivity index (χ1) is 16.7. The summed E-state index contributed by atoms with van der Waals surface area (Å²) in [6.07, 6.45) is 21.8. The number of aromatic nitrogens is 2. The summed E-state index contributed by atoms with van der Waals surface area (Å²) in [4.78, 5) is 9.69. The molecule has 0 N–H and O–H groups in total. The average Bonchev–Trinajstić information content (AvgIpc) is 2.88. The maximum Gasteiger partial charge on any atom is 0.159 e. The van der Waals surface area contributed by atoms with Crippen LogP contribution < -0.4 is 4.74 Å². The van der Waals surface area contributed by atoms with Crippen molar-refractivity contribution in [2.45, 2.75) is 117 Å². The molecular formula is C31H48N2O. The fourth-order valence-corrected chi connectivity index (χ4v) is 5.17. The maximum absolute atomic E-state index is 6.07. The third-order valence-corrected chi connectivity index (χ3v) is 7.61. The topological polar surface area (TPSA) is 35.0 Å². The summed E-state index contributed by atoms with van der Waals surface area (Å²) in [5.74, 6) is 3.27. The van der Waals surface area contributed by atoms with Crippen molar-refractivity contribution in [3.63, 3.8) is 0 Å². The highest BCUT2D eigenvalue weighted by molar-refractivity contribution is 5.56. The van der Waals surface area contributed by atoms with Crippen molar-refractivity contribution in [2.24, 2.45) is 11.8 Å². The van der Waals surface area contributed by atoms with Crippen LogP contribution >= 0.6 is 0 Å². The Morgan fingerprint density at radius 2 is 1.65 bits per heavy atom. The predicted octanol–water partition coefficient (Wildman–Crippen LogP) is 8.98. The predicted molar refractivity (Wildman–Crippen MR) is 144 cm³/mol. The van der Waals surface area contributed by atoms with Gasteiger partial charge in [0.1, 0.15) is 5.75 Å². The van der Waals surface area contributed by atoms with Gasteiger partial charge in [0.05, 0.1) is 6.61 Å². The molecule has 0 aliphatic heterocycles. The third kappa shape index (κ3) is 8.71. The average molecular weight is 465 g/mol. The van der Waals surface area contributed by atoms with Gasteiger partial charge in [0.25, 0.3) is 0 Å². The van der Waals surface area contributed by atoms with Crippen LogP contribution in [0.15, 0.2) is 30.5 Å². The molecule has 1 heterocycles. The van der Waals surface area contributed by atoms with Gasteiger partial charge < -0.3 is 4.74 Å². The fourth-order valence-electron chi connectivity index (χ4n) is 5.17. The zero-order valence-corrected chi connectivity index (χ0v) is 22.2. The minimum atomic E-state index is 0.651. The molecule has 2 unspecified atom stereocenters.